The van der Waals surface area contributed by atoms with Crippen LogP contribution >= 0.6 is 0 Å². The third kappa shape index (κ3) is 2.35. The molecule has 0 aromatic heterocycles. The molecule has 6 fully saturated rings. The van der Waals surface area contributed by atoms with E-state index in [0.717, 1.165) is 50.5 Å². The summed E-state index contributed by atoms with van der Waals surface area (Å²) in [5.41, 5.74) is 0.367. The second kappa shape index (κ2) is 5.60. The zero-order valence-electron chi connectivity index (χ0n) is 16.3. The molecule has 6 atom stereocenters. The van der Waals surface area contributed by atoms with Gasteiger partial charge in [-0.1, -0.05) is 30.3 Å². The van der Waals surface area contributed by atoms with E-state index in [1.165, 1.54) is 6.42 Å². The van der Waals surface area contributed by atoms with Crippen LogP contribution in [0.25, 0.3) is 4.85 Å². The van der Waals surface area contributed by atoms with Gasteiger partial charge < -0.3 is 5.11 Å². The Hall–Kier alpha value is -1.86. The maximum Gasteiger partial charge on any atom is 0.301 e. The first-order chi connectivity index (χ1) is 13.5. The minimum atomic E-state index is -0.580. The molecule has 5 aliphatic carbocycles. The monoisotopic (exact) mass is 376 g/mol. The standard InChI is InChI=1S/C24H28N2O2/c1-25-20-9-18-8-19(18)26(20)22(27)21(17-5-3-2-4-6-17)23-10-15-7-16(11-23)13-24(28,12-15)14-23/h2-6,15-16,18-21,28H,7-14H2/t15?,16?,18-,19-,20-,21+,23?,24?/m0/s1. The Bertz CT molecular complexity index is 845. The van der Waals surface area contributed by atoms with E-state index >= 15 is 0 Å². The second-order valence-corrected chi connectivity index (χ2v) is 10.5. The first kappa shape index (κ1) is 17.0. The fourth-order valence-electron chi connectivity index (χ4n) is 8.03. The van der Waals surface area contributed by atoms with Crippen molar-refractivity contribution in [2.45, 2.75) is 75.1 Å². The summed E-state index contributed by atoms with van der Waals surface area (Å²) in [7, 11) is 0. The molecule has 146 valence electrons. The lowest BCUT2D eigenvalue weighted by Gasteiger charge is -2.62. The van der Waals surface area contributed by atoms with Crippen molar-refractivity contribution in [3.8, 4) is 0 Å². The van der Waals surface area contributed by atoms with Crippen LogP contribution in [0.3, 0.4) is 0 Å². The average molecular weight is 377 g/mol. The van der Waals surface area contributed by atoms with E-state index in [1.807, 2.05) is 23.1 Å². The molecular weight excluding hydrogens is 348 g/mol. The molecule has 1 N–H and O–H groups in total. The summed E-state index contributed by atoms with van der Waals surface area (Å²) in [5.74, 6) is 1.60. The number of amides is 1. The van der Waals surface area contributed by atoms with Crippen molar-refractivity contribution in [2.75, 3.05) is 0 Å². The molecular formula is C24H28N2O2. The smallest absolute Gasteiger partial charge is 0.301 e. The van der Waals surface area contributed by atoms with E-state index in [1.54, 1.807) is 0 Å². The van der Waals surface area contributed by atoms with Crippen LogP contribution in [0.15, 0.2) is 30.3 Å². The van der Waals surface area contributed by atoms with Gasteiger partial charge in [-0.15, -0.1) is 0 Å². The van der Waals surface area contributed by atoms with Crippen molar-refractivity contribution in [2.24, 2.45) is 23.2 Å². The molecule has 4 nitrogen and oxygen atoms in total. The van der Waals surface area contributed by atoms with Gasteiger partial charge in [0.25, 0.3) is 0 Å². The van der Waals surface area contributed by atoms with Crippen LogP contribution in [0, 0.1) is 29.7 Å². The number of benzene rings is 1. The number of piperidine rings is 1. The number of carbonyl (C=O) groups excluding carboxylic acids is 1. The summed E-state index contributed by atoms with van der Waals surface area (Å²) in [6.45, 7) is 7.62. The van der Waals surface area contributed by atoms with Crippen LogP contribution in [-0.2, 0) is 4.79 Å². The largest absolute Gasteiger partial charge is 0.390 e. The summed E-state index contributed by atoms with van der Waals surface area (Å²) < 4.78 is 0. The molecule has 4 bridgehead atoms. The van der Waals surface area contributed by atoms with E-state index in [-0.39, 0.29) is 29.4 Å². The van der Waals surface area contributed by atoms with Gasteiger partial charge in [0.15, 0.2) is 0 Å². The summed E-state index contributed by atoms with van der Waals surface area (Å²) in [6, 6.07) is 10.5. The van der Waals surface area contributed by atoms with Gasteiger partial charge in [0.2, 0.25) is 5.91 Å². The normalized spacial score (nSPS) is 46.1. The fourth-order valence-corrected chi connectivity index (χ4v) is 8.03. The summed E-state index contributed by atoms with van der Waals surface area (Å²) in [5, 5.41) is 11.3. The third-order valence-electron chi connectivity index (χ3n) is 8.55. The number of fused-ring (bicyclic) bond motifs is 1. The predicted molar refractivity (Wildman–Crippen MR) is 105 cm³/mol. The van der Waals surface area contributed by atoms with Gasteiger partial charge >= 0.3 is 6.17 Å². The lowest BCUT2D eigenvalue weighted by Crippen LogP contribution is -2.59. The van der Waals surface area contributed by atoms with E-state index in [2.05, 4.69) is 17.0 Å². The molecule has 2 unspecified atom stereocenters. The van der Waals surface area contributed by atoms with Gasteiger partial charge in [-0.3, -0.25) is 14.5 Å². The molecule has 1 aromatic rings. The molecule has 4 heteroatoms. The Balaban J connectivity index is 1.44. The number of likely N-dealkylation sites (tertiary alicyclic amines) is 1. The number of nitrogens with zero attached hydrogens (tertiary/aromatic N) is 2. The van der Waals surface area contributed by atoms with Crippen LogP contribution in [0.2, 0.25) is 0 Å². The van der Waals surface area contributed by atoms with Crippen LogP contribution in [0.5, 0.6) is 0 Å². The van der Waals surface area contributed by atoms with E-state index in [4.69, 9.17) is 6.57 Å². The molecule has 28 heavy (non-hydrogen) atoms. The lowest BCUT2D eigenvalue weighted by molar-refractivity contribution is -0.178. The second-order valence-electron chi connectivity index (χ2n) is 10.5. The lowest BCUT2D eigenvalue weighted by atomic mass is 9.44. The summed E-state index contributed by atoms with van der Waals surface area (Å²) in [6.07, 6.45) is 7.57. The Morgan fingerprint density at radius 1 is 1.11 bits per heavy atom. The Labute approximate surface area is 166 Å². The number of hydrogen-bond acceptors (Lipinski definition) is 2. The maximum atomic E-state index is 14.1. The molecule has 0 spiro atoms. The van der Waals surface area contributed by atoms with Crippen LogP contribution in [0.1, 0.15) is 62.8 Å². The minimum Gasteiger partial charge on any atom is -0.390 e. The molecule has 1 aliphatic heterocycles. The number of hydrogen-bond donors (Lipinski definition) is 1. The van der Waals surface area contributed by atoms with Crippen molar-refractivity contribution < 1.29 is 9.90 Å². The molecule has 5 saturated carbocycles. The molecule has 1 saturated heterocycles. The number of carbonyl (C=O) groups is 1. The van der Waals surface area contributed by atoms with Gasteiger partial charge in [-0.05, 0) is 73.7 Å². The van der Waals surface area contributed by atoms with Crippen LogP contribution in [0.4, 0.5) is 0 Å². The first-order valence-corrected chi connectivity index (χ1v) is 11.0. The van der Waals surface area contributed by atoms with Gasteiger partial charge in [0.1, 0.15) is 0 Å². The van der Waals surface area contributed by atoms with E-state index in [9.17, 15) is 9.90 Å². The fraction of sp³-hybridized carbons (Fsp3) is 0.667. The quantitative estimate of drug-likeness (QED) is 0.812. The number of aliphatic hydroxyl groups is 1. The van der Waals surface area contributed by atoms with Crippen molar-refractivity contribution in [1.29, 1.82) is 0 Å². The van der Waals surface area contributed by atoms with Crippen LogP contribution in [-0.4, -0.2) is 33.7 Å². The van der Waals surface area contributed by atoms with Crippen molar-refractivity contribution in [3.63, 3.8) is 0 Å². The van der Waals surface area contributed by atoms with Gasteiger partial charge in [-0.2, -0.15) is 0 Å². The molecule has 6 aliphatic rings. The highest BCUT2D eigenvalue weighted by atomic mass is 16.3. The maximum absolute atomic E-state index is 14.1. The average Bonchev–Trinajstić information content (AvgIpc) is 3.30. The van der Waals surface area contributed by atoms with Gasteiger partial charge in [-0.25, -0.2) is 6.57 Å². The molecule has 1 aromatic carbocycles. The van der Waals surface area contributed by atoms with Gasteiger partial charge in [0.05, 0.1) is 11.5 Å². The van der Waals surface area contributed by atoms with Crippen molar-refractivity contribution in [3.05, 3.63) is 47.3 Å². The molecule has 1 heterocycles. The van der Waals surface area contributed by atoms with E-state index < -0.39 is 5.60 Å². The van der Waals surface area contributed by atoms with Gasteiger partial charge in [0, 0.05) is 12.5 Å². The Kier molecular flexibility index (Phi) is 3.41. The predicted octanol–water partition coefficient (Wildman–Crippen LogP) is 3.97. The zero-order valence-corrected chi connectivity index (χ0v) is 16.3. The molecule has 0 radical (unpaired) electrons. The number of rotatable bonds is 3. The molecule has 7 rings (SSSR count). The summed E-state index contributed by atoms with van der Waals surface area (Å²) in [4.78, 5) is 19.8. The topological polar surface area (TPSA) is 44.9 Å². The SMILES string of the molecule is [C-]#[N+][C@@H]1C[C@@H]2C[C@@H]2N1C(=O)[C@@H](c1ccccc1)C12CC3CC(CC(O)(C3)C1)C2. The van der Waals surface area contributed by atoms with E-state index in [0.29, 0.717) is 17.8 Å². The Morgan fingerprint density at radius 2 is 1.82 bits per heavy atom. The van der Waals surface area contributed by atoms with Crippen molar-refractivity contribution in [1.82, 2.24) is 4.90 Å². The molecule has 1 amide bonds. The highest BCUT2D eigenvalue weighted by Crippen LogP contribution is 2.66. The zero-order chi connectivity index (χ0) is 19.1. The highest BCUT2D eigenvalue weighted by Gasteiger charge is 2.64. The highest BCUT2D eigenvalue weighted by molar-refractivity contribution is 5.86. The minimum absolute atomic E-state index is 0.142. The first-order valence-electron chi connectivity index (χ1n) is 11.0. The van der Waals surface area contributed by atoms with Crippen molar-refractivity contribution >= 4 is 5.91 Å². The third-order valence-corrected chi connectivity index (χ3v) is 8.55. The Morgan fingerprint density at radius 3 is 2.46 bits per heavy atom. The van der Waals surface area contributed by atoms with Crippen LogP contribution < -0.4 is 0 Å². The summed E-state index contributed by atoms with van der Waals surface area (Å²) >= 11 is 0.